The Balaban J connectivity index is 2.04. The Morgan fingerprint density at radius 2 is 1.91 bits per heavy atom. The van der Waals surface area contributed by atoms with E-state index in [4.69, 9.17) is 14.2 Å². The van der Waals surface area contributed by atoms with E-state index in [1.165, 1.54) is 0 Å². The third-order valence-corrected chi connectivity index (χ3v) is 3.00. The lowest BCUT2D eigenvalue weighted by Gasteiger charge is -2.09. The Labute approximate surface area is 133 Å². The van der Waals surface area contributed by atoms with Crippen molar-refractivity contribution in [1.29, 1.82) is 0 Å². The van der Waals surface area contributed by atoms with Crippen molar-refractivity contribution in [1.82, 2.24) is 20.3 Å². The van der Waals surface area contributed by atoms with Crippen LogP contribution in [0.3, 0.4) is 0 Å². The highest BCUT2D eigenvalue weighted by atomic mass is 16.5. The fourth-order valence-electron chi connectivity index (χ4n) is 1.85. The van der Waals surface area contributed by atoms with Gasteiger partial charge in [0.15, 0.2) is 0 Å². The summed E-state index contributed by atoms with van der Waals surface area (Å²) in [6.07, 6.45) is 2.85. The van der Waals surface area contributed by atoms with Crippen LogP contribution in [0.25, 0.3) is 0 Å². The first-order valence-electron chi connectivity index (χ1n) is 8.09. The van der Waals surface area contributed by atoms with E-state index >= 15 is 0 Å². The van der Waals surface area contributed by atoms with Gasteiger partial charge in [0.2, 0.25) is 0 Å². The molecule has 0 aliphatic carbocycles. The molecule has 1 rings (SSSR count). The molecule has 7 heteroatoms. The molecule has 1 aromatic heterocycles. The summed E-state index contributed by atoms with van der Waals surface area (Å²) in [6.45, 7) is 12.0. The predicted octanol–water partition coefficient (Wildman–Crippen LogP) is 0.888. The molecule has 7 nitrogen and oxygen atoms in total. The Morgan fingerprint density at radius 3 is 2.64 bits per heavy atom. The minimum Gasteiger partial charge on any atom is -0.378 e. The number of hydrogen-bond acceptors (Lipinski definition) is 6. The van der Waals surface area contributed by atoms with Crippen LogP contribution in [0.2, 0.25) is 0 Å². The van der Waals surface area contributed by atoms with Crippen molar-refractivity contribution in [2.45, 2.75) is 39.8 Å². The van der Waals surface area contributed by atoms with Crippen LogP contribution in [0.4, 0.5) is 0 Å². The summed E-state index contributed by atoms with van der Waals surface area (Å²) >= 11 is 0. The number of aromatic nitrogens is 3. The summed E-state index contributed by atoms with van der Waals surface area (Å²) in [4.78, 5) is 0. The molecule has 0 atom stereocenters. The van der Waals surface area contributed by atoms with E-state index in [1.54, 1.807) is 6.20 Å². The molecular formula is C15H30N4O3. The van der Waals surface area contributed by atoms with Gasteiger partial charge in [-0.05, 0) is 20.4 Å². The Bertz CT molecular complexity index is 371. The van der Waals surface area contributed by atoms with Crippen molar-refractivity contribution in [3.63, 3.8) is 0 Å². The lowest BCUT2D eigenvalue weighted by atomic mass is 10.3. The Hall–Kier alpha value is -1.02. The number of nitrogens with one attached hydrogen (secondary N) is 1. The summed E-state index contributed by atoms with van der Waals surface area (Å²) in [5, 5.41) is 11.2. The fraction of sp³-hybridized carbons (Fsp3) is 0.867. The first-order valence-corrected chi connectivity index (χ1v) is 8.09. The van der Waals surface area contributed by atoms with Crippen LogP contribution in [0.1, 0.15) is 26.5 Å². The van der Waals surface area contributed by atoms with Gasteiger partial charge in [-0.2, -0.15) is 0 Å². The number of nitrogens with zero attached hydrogens (tertiary/aromatic N) is 3. The number of ether oxygens (including phenoxy) is 3. The molecular weight excluding hydrogens is 284 g/mol. The van der Waals surface area contributed by atoms with E-state index in [0.29, 0.717) is 33.0 Å². The molecule has 0 radical (unpaired) electrons. The fourth-order valence-corrected chi connectivity index (χ4v) is 1.85. The van der Waals surface area contributed by atoms with Gasteiger partial charge in [-0.3, -0.25) is 0 Å². The number of rotatable bonds is 14. The minimum absolute atomic E-state index is 0.250. The van der Waals surface area contributed by atoms with Crippen LogP contribution < -0.4 is 5.32 Å². The molecule has 1 aromatic rings. The van der Waals surface area contributed by atoms with Crippen molar-refractivity contribution in [2.24, 2.45) is 0 Å². The van der Waals surface area contributed by atoms with Crippen molar-refractivity contribution in [3.8, 4) is 0 Å². The van der Waals surface area contributed by atoms with Gasteiger partial charge in [0, 0.05) is 13.0 Å². The third-order valence-electron chi connectivity index (χ3n) is 3.00. The molecule has 0 saturated carbocycles. The van der Waals surface area contributed by atoms with Crippen molar-refractivity contribution in [2.75, 3.05) is 46.1 Å². The second-order valence-electron chi connectivity index (χ2n) is 5.20. The van der Waals surface area contributed by atoms with Crippen LogP contribution in [-0.2, 0) is 27.2 Å². The third kappa shape index (κ3) is 9.09. The van der Waals surface area contributed by atoms with E-state index in [0.717, 1.165) is 31.8 Å². The van der Waals surface area contributed by atoms with E-state index < -0.39 is 0 Å². The normalized spacial score (nSPS) is 11.5. The van der Waals surface area contributed by atoms with Crippen LogP contribution in [-0.4, -0.2) is 67.2 Å². The van der Waals surface area contributed by atoms with Crippen molar-refractivity contribution >= 4 is 0 Å². The molecule has 0 aromatic carbocycles. The molecule has 0 spiro atoms. The maximum atomic E-state index is 5.55. The van der Waals surface area contributed by atoms with Gasteiger partial charge < -0.3 is 19.5 Å². The topological polar surface area (TPSA) is 70.4 Å². The molecule has 0 aliphatic heterocycles. The van der Waals surface area contributed by atoms with Crippen molar-refractivity contribution in [3.05, 3.63) is 11.9 Å². The Kier molecular flexibility index (Phi) is 10.8. The van der Waals surface area contributed by atoms with E-state index in [1.807, 2.05) is 18.5 Å². The lowest BCUT2D eigenvalue weighted by molar-refractivity contribution is 0.0444. The van der Waals surface area contributed by atoms with Gasteiger partial charge in [0.25, 0.3) is 0 Å². The van der Waals surface area contributed by atoms with Crippen LogP contribution in [0, 0.1) is 0 Å². The van der Waals surface area contributed by atoms with Gasteiger partial charge in [0.1, 0.15) is 0 Å². The van der Waals surface area contributed by atoms with E-state index in [-0.39, 0.29) is 6.10 Å². The zero-order chi connectivity index (χ0) is 16.0. The predicted molar refractivity (Wildman–Crippen MR) is 85.0 cm³/mol. The minimum atomic E-state index is 0.250. The summed E-state index contributed by atoms with van der Waals surface area (Å²) in [5.41, 5.74) is 1.08. The molecule has 0 aliphatic rings. The first-order chi connectivity index (χ1) is 10.7. The standard InChI is InChI=1S/C15H30N4O3/c1-4-16-6-9-20-11-12-21-10-7-19-15(13-17-18-19)5-8-22-14(2)3/h13-14,16H,4-12H2,1-3H3. The second-order valence-corrected chi connectivity index (χ2v) is 5.20. The Morgan fingerprint density at radius 1 is 1.14 bits per heavy atom. The molecule has 22 heavy (non-hydrogen) atoms. The molecule has 0 saturated heterocycles. The summed E-state index contributed by atoms with van der Waals surface area (Å²) in [5.74, 6) is 0. The highest BCUT2D eigenvalue weighted by Crippen LogP contribution is 2.00. The van der Waals surface area contributed by atoms with Gasteiger partial charge >= 0.3 is 0 Å². The largest absolute Gasteiger partial charge is 0.378 e. The van der Waals surface area contributed by atoms with Crippen LogP contribution in [0.5, 0.6) is 0 Å². The summed E-state index contributed by atoms with van der Waals surface area (Å²) in [6, 6.07) is 0. The molecule has 1 N–H and O–H groups in total. The molecule has 1 heterocycles. The smallest absolute Gasteiger partial charge is 0.0726 e. The monoisotopic (exact) mass is 314 g/mol. The lowest BCUT2D eigenvalue weighted by Crippen LogP contribution is -2.20. The summed E-state index contributed by atoms with van der Waals surface area (Å²) < 4.78 is 18.4. The zero-order valence-electron chi connectivity index (χ0n) is 14.1. The SMILES string of the molecule is CCNCCOCCOCCn1nncc1CCOC(C)C. The average Bonchev–Trinajstić information content (AvgIpc) is 2.93. The van der Waals surface area contributed by atoms with Gasteiger partial charge in [-0.15, -0.1) is 5.10 Å². The van der Waals surface area contributed by atoms with Crippen LogP contribution >= 0.6 is 0 Å². The maximum absolute atomic E-state index is 5.55. The number of hydrogen-bond donors (Lipinski definition) is 1. The van der Waals surface area contributed by atoms with Gasteiger partial charge in [0.05, 0.1) is 57.6 Å². The molecule has 0 fully saturated rings. The van der Waals surface area contributed by atoms with Crippen molar-refractivity contribution < 1.29 is 14.2 Å². The molecule has 0 amide bonds. The van der Waals surface area contributed by atoms with E-state index in [2.05, 4.69) is 22.6 Å². The maximum Gasteiger partial charge on any atom is 0.0726 e. The summed E-state index contributed by atoms with van der Waals surface area (Å²) in [7, 11) is 0. The average molecular weight is 314 g/mol. The van der Waals surface area contributed by atoms with Crippen LogP contribution in [0.15, 0.2) is 6.20 Å². The van der Waals surface area contributed by atoms with Gasteiger partial charge in [-0.1, -0.05) is 12.1 Å². The van der Waals surface area contributed by atoms with E-state index in [9.17, 15) is 0 Å². The second kappa shape index (κ2) is 12.5. The quantitative estimate of drug-likeness (QED) is 0.514. The molecule has 0 bridgehead atoms. The number of likely N-dealkylation sites (N-methyl/N-ethyl adjacent to an activating group) is 1. The molecule has 128 valence electrons. The highest BCUT2D eigenvalue weighted by molar-refractivity contribution is 4.94. The zero-order valence-corrected chi connectivity index (χ0v) is 14.1. The van der Waals surface area contributed by atoms with Gasteiger partial charge in [-0.25, -0.2) is 4.68 Å². The highest BCUT2D eigenvalue weighted by Gasteiger charge is 2.04. The molecule has 0 unspecified atom stereocenters. The first kappa shape index (κ1) is 19.0.